The molecule has 0 aliphatic carbocycles. The molecule has 3 saturated heterocycles. The molecular weight excluding hydrogens is 542 g/mol. The van der Waals surface area contributed by atoms with Crippen LogP contribution in [0.5, 0.6) is 0 Å². The summed E-state index contributed by atoms with van der Waals surface area (Å²) in [5.41, 5.74) is 0.487. The summed E-state index contributed by atoms with van der Waals surface area (Å²) < 4.78 is 6.34. The van der Waals surface area contributed by atoms with Gasteiger partial charge in [-0.15, -0.1) is 6.58 Å². The minimum atomic E-state index is -1.23. The Labute approximate surface area is 226 Å². The van der Waals surface area contributed by atoms with Gasteiger partial charge in [-0.25, -0.2) is 0 Å². The molecule has 2 bridgehead atoms. The topological polar surface area (TPSA) is 111 Å². The van der Waals surface area contributed by atoms with E-state index >= 15 is 0 Å². The van der Waals surface area contributed by atoms with Gasteiger partial charge in [-0.2, -0.15) is 0 Å². The van der Waals surface area contributed by atoms with Gasteiger partial charge in [-0.1, -0.05) is 22.0 Å². The molecule has 3 unspecified atom stereocenters. The number of fused-ring (bicyclic) bond motifs is 1. The Morgan fingerprint density at radius 1 is 1.22 bits per heavy atom. The number of hydrogen-bond acceptors (Lipinski definition) is 6. The second-order valence-corrected chi connectivity index (χ2v) is 11.1. The van der Waals surface area contributed by atoms with Crippen LogP contribution in [0.4, 0.5) is 11.4 Å². The molecule has 2 N–H and O–H groups in total. The first-order chi connectivity index (χ1) is 17.7. The standard InChI is InChI=1S/C27H36BrN3O6/c1-4-13-30(18-11-9-17(10-12-18)29(5-2)6-3)25(34)23-27-16-19(28)22(37-27)20(26(35)36)21(27)24(33)31(23)14-7-8-15-32/h4,9-12,19-23,32H,1,5-8,13-16H2,2-3H3,(H,35,36)/t19?,20-,21+,22-,23?,27?/m1/s1. The quantitative estimate of drug-likeness (QED) is 0.223. The molecule has 37 heavy (non-hydrogen) atoms. The maximum atomic E-state index is 14.3. The molecule has 202 valence electrons. The lowest BCUT2D eigenvalue weighted by Gasteiger charge is -2.37. The molecule has 1 aromatic rings. The SMILES string of the molecule is C=CCN(C(=O)C1N(CCCCO)C(=O)[C@@H]2[C@@H](C(=O)O)[C@@H]3OC12CC3Br)c1ccc(N(CC)CC)cc1. The van der Waals surface area contributed by atoms with Crippen LogP contribution in [-0.2, 0) is 19.1 Å². The van der Waals surface area contributed by atoms with Gasteiger partial charge in [0.05, 0.1) is 17.9 Å². The van der Waals surface area contributed by atoms with E-state index in [-0.39, 0.29) is 36.3 Å². The number of aliphatic hydroxyl groups excluding tert-OH is 1. The fourth-order valence-electron chi connectivity index (χ4n) is 6.36. The fraction of sp³-hybridized carbons (Fsp3) is 0.593. The van der Waals surface area contributed by atoms with Gasteiger partial charge in [0.1, 0.15) is 11.6 Å². The summed E-state index contributed by atoms with van der Waals surface area (Å²) in [4.78, 5) is 45.3. The molecule has 0 radical (unpaired) electrons. The van der Waals surface area contributed by atoms with E-state index in [4.69, 9.17) is 4.74 Å². The lowest BCUT2D eigenvalue weighted by molar-refractivity contribution is -0.149. The van der Waals surface area contributed by atoms with Crippen LogP contribution in [0.2, 0.25) is 0 Å². The first-order valence-electron chi connectivity index (χ1n) is 13.0. The Morgan fingerprint density at radius 2 is 1.86 bits per heavy atom. The van der Waals surface area contributed by atoms with Gasteiger partial charge in [-0.05, 0) is 57.4 Å². The molecule has 3 fully saturated rings. The van der Waals surface area contributed by atoms with Crippen LogP contribution in [-0.4, -0.2) is 88.3 Å². The Bertz CT molecular complexity index is 1030. The van der Waals surface area contributed by atoms with Crippen molar-refractivity contribution in [3.8, 4) is 0 Å². The lowest BCUT2D eigenvalue weighted by Crippen LogP contribution is -2.57. The normalized spacial score (nSPS) is 29.9. The predicted molar refractivity (Wildman–Crippen MR) is 144 cm³/mol. The van der Waals surface area contributed by atoms with Crippen molar-refractivity contribution >= 4 is 45.1 Å². The highest BCUT2D eigenvalue weighted by atomic mass is 79.9. The van der Waals surface area contributed by atoms with Crippen LogP contribution in [0.3, 0.4) is 0 Å². The van der Waals surface area contributed by atoms with Crippen molar-refractivity contribution in [1.82, 2.24) is 4.90 Å². The van der Waals surface area contributed by atoms with Crippen molar-refractivity contribution in [3.63, 3.8) is 0 Å². The van der Waals surface area contributed by atoms with E-state index in [0.29, 0.717) is 24.9 Å². The smallest absolute Gasteiger partial charge is 0.310 e. The molecule has 0 aromatic heterocycles. The number of aliphatic hydroxyl groups is 1. The first-order valence-corrected chi connectivity index (χ1v) is 13.9. The highest BCUT2D eigenvalue weighted by Gasteiger charge is 2.76. The third-order valence-corrected chi connectivity index (χ3v) is 8.83. The van der Waals surface area contributed by atoms with Crippen molar-refractivity contribution < 1.29 is 29.3 Å². The van der Waals surface area contributed by atoms with Gasteiger partial charge >= 0.3 is 5.97 Å². The van der Waals surface area contributed by atoms with Crippen LogP contribution >= 0.6 is 15.9 Å². The van der Waals surface area contributed by atoms with Gasteiger partial charge in [0, 0.05) is 49.0 Å². The van der Waals surface area contributed by atoms with Crippen LogP contribution in [0.1, 0.15) is 33.1 Å². The van der Waals surface area contributed by atoms with E-state index < -0.39 is 35.6 Å². The Kier molecular flexibility index (Phi) is 8.30. The number of unbranched alkanes of at least 4 members (excludes halogenated alkanes) is 1. The second-order valence-electron chi connectivity index (χ2n) is 9.89. The number of hydrogen-bond donors (Lipinski definition) is 2. The number of benzene rings is 1. The summed E-state index contributed by atoms with van der Waals surface area (Å²) in [7, 11) is 0. The molecule has 1 spiro atoms. The van der Waals surface area contributed by atoms with E-state index in [1.54, 1.807) is 11.0 Å². The predicted octanol–water partition coefficient (Wildman–Crippen LogP) is 2.66. The minimum absolute atomic E-state index is 0.0313. The largest absolute Gasteiger partial charge is 0.481 e. The average Bonchev–Trinajstić information content (AvgIpc) is 3.47. The first kappa shape index (κ1) is 27.6. The van der Waals surface area contributed by atoms with Crippen molar-refractivity contribution in [3.05, 3.63) is 36.9 Å². The van der Waals surface area contributed by atoms with Gasteiger partial charge in [0.2, 0.25) is 5.91 Å². The van der Waals surface area contributed by atoms with Crippen molar-refractivity contribution in [2.75, 3.05) is 42.6 Å². The average molecular weight is 579 g/mol. The number of carboxylic acid groups (broad SMARTS) is 1. The maximum Gasteiger partial charge on any atom is 0.310 e. The molecular formula is C27H36BrN3O6. The van der Waals surface area contributed by atoms with E-state index in [9.17, 15) is 24.6 Å². The lowest BCUT2D eigenvalue weighted by atomic mass is 9.70. The summed E-state index contributed by atoms with van der Waals surface area (Å²) in [6, 6.07) is 6.74. The summed E-state index contributed by atoms with van der Waals surface area (Å²) >= 11 is 3.57. The molecule has 3 heterocycles. The fourth-order valence-corrected chi connectivity index (χ4v) is 7.30. The molecule has 1 aromatic carbocycles. The van der Waals surface area contributed by atoms with E-state index in [0.717, 1.165) is 18.8 Å². The molecule has 3 aliphatic heterocycles. The van der Waals surface area contributed by atoms with Gasteiger partial charge in [0.25, 0.3) is 5.91 Å². The zero-order valence-electron chi connectivity index (χ0n) is 21.4. The van der Waals surface area contributed by atoms with Crippen LogP contribution in [0, 0.1) is 11.8 Å². The number of likely N-dealkylation sites (tertiary alicyclic amines) is 1. The number of amides is 2. The Morgan fingerprint density at radius 3 is 2.43 bits per heavy atom. The van der Waals surface area contributed by atoms with Crippen LogP contribution in [0.15, 0.2) is 36.9 Å². The third-order valence-electron chi connectivity index (χ3n) is 7.98. The number of rotatable bonds is 12. The summed E-state index contributed by atoms with van der Waals surface area (Å²) in [5.74, 6) is -3.72. The van der Waals surface area contributed by atoms with Gasteiger partial charge in [-0.3, -0.25) is 14.4 Å². The number of aliphatic carboxylic acids is 1. The second kappa shape index (κ2) is 11.1. The molecule has 0 saturated carbocycles. The van der Waals surface area contributed by atoms with Crippen LogP contribution in [0.25, 0.3) is 0 Å². The zero-order chi connectivity index (χ0) is 26.9. The number of anilines is 2. The minimum Gasteiger partial charge on any atom is -0.481 e. The number of carbonyl (C=O) groups is 3. The van der Waals surface area contributed by atoms with Crippen molar-refractivity contribution in [1.29, 1.82) is 0 Å². The number of carbonyl (C=O) groups excluding carboxylic acids is 2. The maximum absolute atomic E-state index is 14.3. The molecule has 4 rings (SSSR count). The summed E-state index contributed by atoms with van der Waals surface area (Å²) in [6.07, 6.45) is 2.29. The van der Waals surface area contributed by atoms with Crippen LogP contribution < -0.4 is 9.80 Å². The van der Waals surface area contributed by atoms with E-state index in [2.05, 4.69) is 41.3 Å². The van der Waals surface area contributed by atoms with E-state index in [1.165, 1.54) is 4.90 Å². The highest BCUT2D eigenvalue weighted by Crippen LogP contribution is 2.60. The Hall–Kier alpha value is -2.43. The monoisotopic (exact) mass is 577 g/mol. The number of nitrogens with zero attached hydrogens (tertiary/aromatic N) is 3. The molecule has 2 amide bonds. The number of ether oxygens (including phenoxy) is 1. The molecule has 9 nitrogen and oxygen atoms in total. The summed E-state index contributed by atoms with van der Waals surface area (Å²) in [6.45, 7) is 10.2. The Balaban J connectivity index is 1.73. The number of carboxylic acids is 1. The van der Waals surface area contributed by atoms with Gasteiger partial charge < -0.3 is 29.6 Å². The van der Waals surface area contributed by atoms with Crippen molar-refractivity contribution in [2.24, 2.45) is 11.8 Å². The third kappa shape index (κ3) is 4.57. The molecule has 6 atom stereocenters. The molecule has 10 heteroatoms. The molecule has 3 aliphatic rings. The van der Waals surface area contributed by atoms with Gasteiger partial charge in [0.15, 0.2) is 0 Å². The number of halogens is 1. The van der Waals surface area contributed by atoms with Crippen molar-refractivity contribution in [2.45, 2.75) is 55.7 Å². The highest BCUT2D eigenvalue weighted by molar-refractivity contribution is 9.09. The number of alkyl halides is 1. The zero-order valence-corrected chi connectivity index (χ0v) is 23.0. The van der Waals surface area contributed by atoms with E-state index in [1.807, 2.05) is 24.3 Å². The summed E-state index contributed by atoms with van der Waals surface area (Å²) in [5, 5.41) is 19.3.